The Morgan fingerprint density at radius 1 is 0.350 bits per heavy atom. The summed E-state index contributed by atoms with van der Waals surface area (Å²) >= 11 is 0. The number of aromatic nitrogens is 2. The van der Waals surface area contributed by atoms with Gasteiger partial charge in [0.05, 0.1) is 22.1 Å². The second kappa shape index (κ2) is 13.2. The number of hydrogen-bond acceptors (Lipinski definition) is 0. The third kappa shape index (κ3) is 4.81. The van der Waals surface area contributed by atoms with Gasteiger partial charge < -0.3 is 9.13 Å². The van der Waals surface area contributed by atoms with Crippen molar-refractivity contribution in [2.45, 2.75) is 19.3 Å². The zero-order chi connectivity index (χ0) is 40.0. The molecule has 0 N–H and O–H groups in total. The molecule has 0 saturated carbocycles. The normalized spacial score (nSPS) is 13.3. The summed E-state index contributed by atoms with van der Waals surface area (Å²) in [7, 11) is -3.00. The SMILES string of the molecule is CC1(C)c2ccccc2-c2ccc3c4ccccc4n(-c4cccc([Si](c5ccccc5)(c5ccccc5)c5ccc6c7ccccc7n(-c7ccccc7)c6c5)c4)c3c21. The molecule has 1 aliphatic carbocycles. The molecule has 60 heavy (non-hydrogen) atoms. The number of fused-ring (bicyclic) bond motifs is 10. The van der Waals surface area contributed by atoms with E-state index in [2.05, 4.69) is 241 Å². The molecule has 0 radical (unpaired) electrons. The zero-order valence-corrected chi connectivity index (χ0v) is 34.7. The summed E-state index contributed by atoms with van der Waals surface area (Å²) in [6.07, 6.45) is 0. The zero-order valence-electron chi connectivity index (χ0n) is 33.7. The molecule has 9 aromatic carbocycles. The van der Waals surface area contributed by atoms with Crippen LogP contribution in [-0.2, 0) is 5.41 Å². The largest absolute Gasteiger partial charge is 0.309 e. The maximum absolute atomic E-state index is 3.00. The van der Waals surface area contributed by atoms with Crippen LogP contribution in [0, 0.1) is 0 Å². The molecule has 0 bridgehead atoms. The van der Waals surface area contributed by atoms with Crippen LogP contribution in [0.15, 0.2) is 218 Å². The Kier molecular flexibility index (Phi) is 7.63. The van der Waals surface area contributed by atoms with Crippen LogP contribution in [0.25, 0.3) is 66.1 Å². The first-order valence-electron chi connectivity index (χ1n) is 21.0. The van der Waals surface area contributed by atoms with Gasteiger partial charge in [-0.2, -0.15) is 0 Å². The summed E-state index contributed by atoms with van der Waals surface area (Å²) < 4.78 is 5.03. The Morgan fingerprint density at radius 3 is 1.58 bits per heavy atom. The van der Waals surface area contributed by atoms with Crippen molar-refractivity contribution in [1.82, 2.24) is 9.13 Å². The van der Waals surface area contributed by atoms with Gasteiger partial charge >= 0.3 is 0 Å². The summed E-state index contributed by atoms with van der Waals surface area (Å²) in [6.45, 7) is 4.81. The van der Waals surface area contributed by atoms with Crippen LogP contribution in [0.2, 0.25) is 0 Å². The number of hydrogen-bond donors (Lipinski definition) is 0. The lowest BCUT2D eigenvalue weighted by Crippen LogP contribution is -2.74. The van der Waals surface area contributed by atoms with Gasteiger partial charge in [-0.15, -0.1) is 0 Å². The van der Waals surface area contributed by atoms with Crippen molar-refractivity contribution >= 4 is 72.4 Å². The molecule has 1 aliphatic rings. The molecule has 0 spiro atoms. The van der Waals surface area contributed by atoms with Gasteiger partial charge in [-0.25, -0.2) is 0 Å². The summed E-state index contributed by atoms with van der Waals surface area (Å²) in [5, 5.41) is 10.5. The van der Waals surface area contributed by atoms with Gasteiger partial charge in [0.1, 0.15) is 0 Å². The minimum atomic E-state index is -3.00. The Labute approximate surface area is 351 Å². The average Bonchev–Trinajstić information content (AvgIpc) is 3.90. The minimum absolute atomic E-state index is 0.172. The molecular formula is C57H42N2Si. The van der Waals surface area contributed by atoms with Crippen molar-refractivity contribution in [3.8, 4) is 22.5 Å². The lowest BCUT2D eigenvalue weighted by atomic mass is 9.81. The van der Waals surface area contributed by atoms with Crippen LogP contribution in [0.4, 0.5) is 0 Å². The quantitative estimate of drug-likeness (QED) is 0.117. The van der Waals surface area contributed by atoms with Gasteiger partial charge in [0.25, 0.3) is 0 Å². The van der Waals surface area contributed by atoms with E-state index in [0.717, 1.165) is 0 Å². The van der Waals surface area contributed by atoms with Gasteiger partial charge in [-0.3, -0.25) is 0 Å². The fourth-order valence-corrected chi connectivity index (χ4v) is 15.7. The van der Waals surface area contributed by atoms with E-state index in [0.29, 0.717) is 0 Å². The highest BCUT2D eigenvalue weighted by atomic mass is 28.3. The van der Waals surface area contributed by atoms with E-state index < -0.39 is 8.07 Å². The minimum Gasteiger partial charge on any atom is -0.309 e. The van der Waals surface area contributed by atoms with Gasteiger partial charge in [-0.05, 0) is 85.5 Å². The van der Waals surface area contributed by atoms with Gasteiger partial charge in [-0.1, -0.05) is 190 Å². The summed E-state index contributed by atoms with van der Waals surface area (Å²) in [5.74, 6) is 0. The molecule has 284 valence electrons. The highest BCUT2D eigenvalue weighted by molar-refractivity contribution is 7.20. The highest BCUT2D eigenvalue weighted by Crippen LogP contribution is 2.52. The van der Waals surface area contributed by atoms with E-state index in [-0.39, 0.29) is 5.41 Å². The van der Waals surface area contributed by atoms with E-state index in [4.69, 9.17) is 0 Å². The van der Waals surface area contributed by atoms with E-state index in [1.165, 1.54) is 98.0 Å². The van der Waals surface area contributed by atoms with E-state index >= 15 is 0 Å². The smallest absolute Gasteiger partial charge is 0.179 e. The molecule has 0 atom stereocenters. The molecule has 0 amide bonds. The van der Waals surface area contributed by atoms with Gasteiger partial charge in [0, 0.05) is 38.3 Å². The Balaban J connectivity index is 1.19. The maximum Gasteiger partial charge on any atom is 0.179 e. The third-order valence-electron chi connectivity index (χ3n) is 13.4. The maximum atomic E-state index is 2.58. The molecule has 3 heteroatoms. The first kappa shape index (κ1) is 34.8. The predicted octanol–water partition coefficient (Wildman–Crippen LogP) is 11.6. The van der Waals surface area contributed by atoms with E-state index in [1.807, 2.05) is 0 Å². The van der Waals surface area contributed by atoms with E-state index in [9.17, 15) is 0 Å². The van der Waals surface area contributed by atoms with Gasteiger partial charge in [0.15, 0.2) is 8.07 Å². The number of rotatable bonds is 6. The van der Waals surface area contributed by atoms with Crippen molar-refractivity contribution in [2.24, 2.45) is 0 Å². The fraction of sp³-hybridized carbons (Fsp3) is 0.0526. The number of para-hydroxylation sites is 3. The van der Waals surface area contributed by atoms with Crippen molar-refractivity contribution in [1.29, 1.82) is 0 Å². The second-order valence-corrected chi connectivity index (χ2v) is 20.7. The van der Waals surface area contributed by atoms with Gasteiger partial charge in [0.2, 0.25) is 0 Å². The molecule has 2 nitrogen and oxygen atoms in total. The van der Waals surface area contributed by atoms with Crippen molar-refractivity contribution in [3.63, 3.8) is 0 Å². The van der Waals surface area contributed by atoms with Crippen molar-refractivity contribution in [2.75, 3.05) is 0 Å². The van der Waals surface area contributed by atoms with Crippen LogP contribution >= 0.6 is 0 Å². The van der Waals surface area contributed by atoms with Crippen LogP contribution in [0.1, 0.15) is 25.0 Å². The van der Waals surface area contributed by atoms with Crippen LogP contribution < -0.4 is 20.7 Å². The first-order valence-corrected chi connectivity index (χ1v) is 23.0. The fourth-order valence-electron chi connectivity index (χ4n) is 10.9. The standard InChI is InChI=1S/C57H42N2Si/c1-57(2)51-30-15-12-27-45(51)49-35-36-50-47-29-14-17-32-53(47)59(56(50)55(49)57)40-21-18-26-43(37-40)60(41-22-8-4-9-23-41,42-24-10-5-11-25-42)44-33-34-48-46-28-13-16-31-52(46)58(54(48)38-44)39-19-6-3-7-20-39/h3-38H,1-2H3. The Morgan fingerprint density at radius 2 is 0.867 bits per heavy atom. The molecule has 0 unspecified atom stereocenters. The Bertz CT molecular complexity index is 3410. The lowest BCUT2D eigenvalue weighted by Gasteiger charge is -2.35. The lowest BCUT2D eigenvalue weighted by molar-refractivity contribution is 0.664. The summed E-state index contributed by atoms with van der Waals surface area (Å²) in [4.78, 5) is 0. The number of nitrogens with zero attached hydrogens (tertiary/aromatic N) is 2. The van der Waals surface area contributed by atoms with Crippen LogP contribution in [-0.4, -0.2) is 17.2 Å². The first-order chi connectivity index (χ1) is 29.5. The molecule has 0 saturated heterocycles. The Hall–Kier alpha value is -7.20. The monoisotopic (exact) mass is 782 g/mol. The van der Waals surface area contributed by atoms with Crippen LogP contribution in [0.3, 0.4) is 0 Å². The predicted molar refractivity (Wildman–Crippen MR) is 256 cm³/mol. The highest BCUT2D eigenvalue weighted by Gasteiger charge is 2.43. The summed E-state index contributed by atoms with van der Waals surface area (Å²) in [5.41, 5.74) is 12.6. The van der Waals surface area contributed by atoms with E-state index in [1.54, 1.807) is 0 Å². The third-order valence-corrected chi connectivity index (χ3v) is 18.2. The molecule has 2 aromatic heterocycles. The molecule has 0 aliphatic heterocycles. The summed E-state index contributed by atoms with van der Waals surface area (Å²) in [6, 6.07) is 82.0. The van der Waals surface area contributed by atoms with Crippen LogP contribution in [0.5, 0.6) is 0 Å². The van der Waals surface area contributed by atoms with Crippen molar-refractivity contribution in [3.05, 3.63) is 230 Å². The number of benzene rings is 9. The topological polar surface area (TPSA) is 9.86 Å². The molecule has 12 rings (SSSR count). The second-order valence-electron chi connectivity index (χ2n) is 16.9. The molecule has 11 aromatic rings. The van der Waals surface area contributed by atoms with Crippen molar-refractivity contribution < 1.29 is 0 Å². The average molecular weight is 783 g/mol. The molecule has 0 fully saturated rings. The molecular weight excluding hydrogens is 741 g/mol. The molecule has 2 heterocycles.